The molecule has 0 unspecified atom stereocenters. The third-order valence-electron chi connectivity index (χ3n) is 1.28. The lowest BCUT2D eigenvalue weighted by molar-refractivity contribution is 0.359. The molecular weight excluding hydrogens is 142 g/mol. The summed E-state index contributed by atoms with van der Waals surface area (Å²) in [6, 6.07) is 0. The van der Waals surface area contributed by atoms with Crippen LogP contribution in [-0.4, -0.2) is 10.1 Å². The van der Waals surface area contributed by atoms with Crippen molar-refractivity contribution < 1.29 is 4.52 Å². The Morgan fingerprint density at radius 3 is 2.73 bits per heavy atom. The van der Waals surface area contributed by atoms with Crippen molar-refractivity contribution in [2.45, 2.75) is 26.8 Å². The highest BCUT2D eigenvalue weighted by Crippen LogP contribution is 2.04. The summed E-state index contributed by atoms with van der Waals surface area (Å²) in [7, 11) is 0. The molecule has 0 radical (unpaired) electrons. The van der Waals surface area contributed by atoms with Crippen LogP contribution in [0.25, 0.3) is 0 Å². The lowest BCUT2D eigenvalue weighted by Gasteiger charge is -1.95. The largest absolute Gasteiger partial charge is 0.339 e. The fraction of sp³-hybridized carbons (Fsp3) is 0.714. The zero-order valence-electron chi connectivity index (χ0n) is 6.87. The number of aromatic nitrogens is 2. The highest BCUT2D eigenvalue weighted by Gasteiger charge is 2.05. The van der Waals surface area contributed by atoms with E-state index in [1.54, 1.807) is 0 Å². The zero-order valence-corrected chi connectivity index (χ0v) is 6.87. The SMILES string of the molecule is CC(C)Cc1nc(CN)no1. The van der Waals surface area contributed by atoms with E-state index in [-0.39, 0.29) is 0 Å². The second kappa shape index (κ2) is 3.48. The number of hydrogen-bond acceptors (Lipinski definition) is 4. The van der Waals surface area contributed by atoms with Gasteiger partial charge in [0.1, 0.15) is 0 Å². The maximum atomic E-state index is 5.31. The van der Waals surface area contributed by atoms with Crippen LogP contribution in [-0.2, 0) is 13.0 Å². The molecule has 0 aliphatic heterocycles. The molecule has 0 aliphatic carbocycles. The van der Waals surface area contributed by atoms with Crippen molar-refractivity contribution in [2.24, 2.45) is 11.7 Å². The van der Waals surface area contributed by atoms with E-state index in [4.69, 9.17) is 10.3 Å². The van der Waals surface area contributed by atoms with Crippen molar-refractivity contribution in [3.05, 3.63) is 11.7 Å². The van der Waals surface area contributed by atoms with Crippen molar-refractivity contribution in [1.82, 2.24) is 10.1 Å². The van der Waals surface area contributed by atoms with E-state index in [1.807, 2.05) is 0 Å². The summed E-state index contributed by atoms with van der Waals surface area (Å²) >= 11 is 0. The van der Waals surface area contributed by atoms with E-state index in [2.05, 4.69) is 24.0 Å². The van der Waals surface area contributed by atoms with Gasteiger partial charge in [-0.05, 0) is 5.92 Å². The summed E-state index contributed by atoms with van der Waals surface area (Å²) < 4.78 is 4.93. The molecule has 0 saturated carbocycles. The number of nitrogens with zero attached hydrogens (tertiary/aromatic N) is 2. The third-order valence-corrected chi connectivity index (χ3v) is 1.28. The van der Waals surface area contributed by atoms with Gasteiger partial charge in [0, 0.05) is 6.42 Å². The van der Waals surface area contributed by atoms with Crippen molar-refractivity contribution in [1.29, 1.82) is 0 Å². The average molecular weight is 155 g/mol. The van der Waals surface area contributed by atoms with Gasteiger partial charge in [-0.2, -0.15) is 4.98 Å². The predicted molar refractivity (Wildman–Crippen MR) is 40.7 cm³/mol. The van der Waals surface area contributed by atoms with E-state index in [9.17, 15) is 0 Å². The van der Waals surface area contributed by atoms with E-state index in [0.29, 0.717) is 24.2 Å². The Morgan fingerprint density at radius 2 is 2.27 bits per heavy atom. The molecule has 0 saturated heterocycles. The van der Waals surface area contributed by atoms with Gasteiger partial charge in [0.15, 0.2) is 5.82 Å². The van der Waals surface area contributed by atoms with Gasteiger partial charge < -0.3 is 10.3 Å². The molecule has 2 N–H and O–H groups in total. The Balaban J connectivity index is 2.58. The van der Waals surface area contributed by atoms with Crippen LogP contribution in [0.1, 0.15) is 25.6 Å². The second-order valence-electron chi connectivity index (χ2n) is 2.91. The predicted octanol–water partition coefficient (Wildman–Crippen LogP) is 0.727. The molecule has 1 aromatic heterocycles. The first-order chi connectivity index (χ1) is 5.22. The standard InChI is InChI=1S/C7H13N3O/c1-5(2)3-7-9-6(4-8)10-11-7/h5H,3-4,8H2,1-2H3. The van der Waals surface area contributed by atoms with Crippen LogP contribution < -0.4 is 5.73 Å². The van der Waals surface area contributed by atoms with Gasteiger partial charge >= 0.3 is 0 Å². The van der Waals surface area contributed by atoms with E-state index in [1.165, 1.54) is 0 Å². The Bertz CT molecular complexity index is 219. The van der Waals surface area contributed by atoms with Crippen LogP contribution in [0.5, 0.6) is 0 Å². The molecule has 1 heterocycles. The molecule has 1 rings (SSSR count). The minimum atomic E-state index is 0.349. The van der Waals surface area contributed by atoms with Gasteiger partial charge in [-0.1, -0.05) is 19.0 Å². The molecule has 0 bridgehead atoms. The molecular formula is C7H13N3O. The van der Waals surface area contributed by atoms with Crippen LogP contribution >= 0.6 is 0 Å². The summed E-state index contributed by atoms with van der Waals surface area (Å²) in [5, 5.41) is 3.68. The van der Waals surface area contributed by atoms with Crippen LogP contribution in [0.3, 0.4) is 0 Å². The van der Waals surface area contributed by atoms with Crippen molar-refractivity contribution in [2.75, 3.05) is 0 Å². The maximum absolute atomic E-state index is 5.31. The first-order valence-electron chi connectivity index (χ1n) is 3.74. The normalized spacial score (nSPS) is 10.9. The maximum Gasteiger partial charge on any atom is 0.226 e. The molecule has 0 aliphatic rings. The molecule has 0 atom stereocenters. The van der Waals surface area contributed by atoms with Crippen molar-refractivity contribution in [3.63, 3.8) is 0 Å². The van der Waals surface area contributed by atoms with E-state index < -0.39 is 0 Å². The lowest BCUT2D eigenvalue weighted by Crippen LogP contribution is -1.99. The van der Waals surface area contributed by atoms with Crippen LogP contribution in [0, 0.1) is 5.92 Å². The smallest absolute Gasteiger partial charge is 0.226 e. The quantitative estimate of drug-likeness (QED) is 0.698. The summed E-state index contributed by atoms with van der Waals surface area (Å²) in [4.78, 5) is 4.07. The first kappa shape index (κ1) is 8.20. The molecule has 0 fully saturated rings. The van der Waals surface area contributed by atoms with Crippen LogP contribution in [0.2, 0.25) is 0 Å². The molecule has 4 nitrogen and oxygen atoms in total. The van der Waals surface area contributed by atoms with Gasteiger partial charge in [-0.3, -0.25) is 0 Å². The Labute approximate surface area is 65.8 Å². The third kappa shape index (κ3) is 2.31. The highest BCUT2D eigenvalue weighted by atomic mass is 16.5. The van der Waals surface area contributed by atoms with Crippen LogP contribution in [0.4, 0.5) is 0 Å². The fourth-order valence-corrected chi connectivity index (χ4v) is 0.805. The minimum Gasteiger partial charge on any atom is -0.339 e. The van der Waals surface area contributed by atoms with Crippen LogP contribution in [0.15, 0.2) is 4.52 Å². The number of rotatable bonds is 3. The first-order valence-corrected chi connectivity index (χ1v) is 3.74. The molecule has 0 amide bonds. The molecule has 0 spiro atoms. The van der Waals surface area contributed by atoms with E-state index >= 15 is 0 Å². The Kier molecular flexibility index (Phi) is 2.59. The van der Waals surface area contributed by atoms with Crippen molar-refractivity contribution >= 4 is 0 Å². The van der Waals surface area contributed by atoms with Gasteiger partial charge in [0.05, 0.1) is 6.54 Å². The monoisotopic (exact) mass is 155 g/mol. The van der Waals surface area contributed by atoms with Crippen molar-refractivity contribution in [3.8, 4) is 0 Å². The molecule has 4 heteroatoms. The second-order valence-corrected chi connectivity index (χ2v) is 2.91. The summed E-state index contributed by atoms with van der Waals surface area (Å²) in [5.41, 5.74) is 5.31. The Morgan fingerprint density at radius 1 is 1.55 bits per heavy atom. The molecule has 1 aromatic rings. The summed E-state index contributed by atoms with van der Waals surface area (Å²) in [6.07, 6.45) is 0.826. The topological polar surface area (TPSA) is 64.9 Å². The minimum absolute atomic E-state index is 0.349. The van der Waals surface area contributed by atoms with Gasteiger partial charge in [-0.25, -0.2) is 0 Å². The van der Waals surface area contributed by atoms with Gasteiger partial charge in [0.2, 0.25) is 5.89 Å². The van der Waals surface area contributed by atoms with Gasteiger partial charge in [-0.15, -0.1) is 0 Å². The highest BCUT2D eigenvalue weighted by molar-refractivity contribution is 4.85. The summed E-state index contributed by atoms with van der Waals surface area (Å²) in [6.45, 7) is 4.56. The zero-order chi connectivity index (χ0) is 8.27. The van der Waals surface area contributed by atoms with Gasteiger partial charge in [0.25, 0.3) is 0 Å². The molecule has 0 aromatic carbocycles. The number of hydrogen-bond donors (Lipinski definition) is 1. The fourth-order valence-electron chi connectivity index (χ4n) is 0.805. The Hall–Kier alpha value is -0.900. The summed E-state index contributed by atoms with van der Waals surface area (Å²) in [5.74, 6) is 1.81. The molecule has 62 valence electrons. The average Bonchev–Trinajstić information content (AvgIpc) is 2.34. The van der Waals surface area contributed by atoms with E-state index in [0.717, 1.165) is 6.42 Å². The lowest BCUT2D eigenvalue weighted by atomic mass is 10.1. The molecule has 11 heavy (non-hydrogen) atoms. The number of nitrogens with two attached hydrogens (primary N) is 1.